The highest BCUT2D eigenvalue weighted by Crippen LogP contribution is 2.19. The molecule has 24 heavy (non-hydrogen) atoms. The Morgan fingerprint density at radius 3 is 2.75 bits per heavy atom. The fourth-order valence-corrected chi connectivity index (χ4v) is 3.15. The standard InChI is InChI=1S/C15H23N5O3S/c1-4-9-16-15(21)6-5-10-20-14-8-7-12(11-13(14)17-18-20)24(22,23)19(2)3/h7-8,11H,4-6,9-10H2,1-3H3,(H,16,21). The number of aryl methyl sites for hydroxylation is 1. The molecule has 1 aromatic heterocycles. The second-order valence-corrected chi connectivity index (χ2v) is 7.86. The molecule has 132 valence electrons. The first-order valence-electron chi connectivity index (χ1n) is 7.88. The number of carbonyl (C=O) groups is 1. The van der Waals surface area contributed by atoms with Crippen molar-refractivity contribution in [1.29, 1.82) is 0 Å². The zero-order valence-corrected chi connectivity index (χ0v) is 15.0. The number of nitrogens with zero attached hydrogens (tertiary/aromatic N) is 4. The summed E-state index contributed by atoms with van der Waals surface area (Å²) >= 11 is 0. The van der Waals surface area contributed by atoms with E-state index in [0.717, 1.165) is 16.2 Å². The van der Waals surface area contributed by atoms with Gasteiger partial charge >= 0.3 is 0 Å². The number of carbonyl (C=O) groups excluding carboxylic acids is 1. The molecular formula is C15H23N5O3S. The molecule has 0 spiro atoms. The van der Waals surface area contributed by atoms with Crippen LogP contribution in [0, 0.1) is 0 Å². The maximum absolute atomic E-state index is 12.1. The molecule has 2 aromatic rings. The number of rotatable bonds is 8. The van der Waals surface area contributed by atoms with Gasteiger partial charge in [0.15, 0.2) is 0 Å². The van der Waals surface area contributed by atoms with Crippen molar-refractivity contribution in [3.8, 4) is 0 Å². The molecule has 0 aliphatic rings. The van der Waals surface area contributed by atoms with Crippen molar-refractivity contribution in [2.75, 3.05) is 20.6 Å². The van der Waals surface area contributed by atoms with Crippen LogP contribution < -0.4 is 5.32 Å². The van der Waals surface area contributed by atoms with Gasteiger partial charge in [0.05, 0.1) is 10.4 Å². The van der Waals surface area contributed by atoms with Gasteiger partial charge in [0.2, 0.25) is 15.9 Å². The summed E-state index contributed by atoms with van der Waals surface area (Å²) in [5, 5.41) is 10.9. The van der Waals surface area contributed by atoms with Crippen molar-refractivity contribution in [3.63, 3.8) is 0 Å². The van der Waals surface area contributed by atoms with Crippen LogP contribution in [0.4, 0.5) is 0 Å². The topological polar surface area (TPSA) is 97.2 Å². The van der Waals surface area contributed by atoms with Crippen LogP contribution in [0.5, 0.6) is 0 Å². The fraction of sp³-hybridized carbons (Fsp3) is 0.533. The fourth-order valence-electron chi connectivity index (χ4n) is 2.23. The highest BCUT2D eigenvalue weighted by Gasteiger charge is 2.18. The lowest BCUT2D eigenvalue weighted by atomic mass is 10.2. The summed E-state index contributed by atoms with van der Waals surface area (Å²) in [7, 11) is -0.521. The molecule has 0 atom stereocenters. The average Bonchev–Trinajstić information content (AvgIpc) is 2.95. The highest BCUT2D eigenvalue weighted by molar-refractivity contribution is 7.89. The van der Waals surface area contributed by atoms with E-state index in [9.17, 15) is 13.2 Å². The molecule has 1 amide bonds. The van der Waals surface area contributed by atoms with Gasteiger partial charge in [-0.15, -0.1) is 5.10 Å². The van der Waals surface area contributed by atoms with Crippen molar-refractivity contribution in [1.82, 2.24) is 24.6 Å². The summed E-state index contributed by atoms with van der Waals surface area (Å²) in [6.07, 6.45) is 1.98. The average molecular weight is 353 g/mol. The van der Waals surface area contributed by atoms with Crippen LogP contribution in [0.1, 0.15) is 26.2 Å². The van der Waals surface area contributed by atoms with Crippen LogP contribution in [-0.2, 0) is 21.4 Å². The van der Waals surface area contributed by atoms with E-state index in [1.165, 1.54) is 20.2 Å². The molecule has 0 aliphatic carbocycles. The van der Waals surface area contributed by atoms with Crippen molar-refractivity contribution < 1.29 is 13.2 Å². The van der Waals surface area contributed by atoms with Gasteiger partial charge in [0.1, 0.15) is 5.52 Å². The van der Waals surface area contributed by atoms with E-state index in [4.69, 9.17) is 0 Å². The van der Waals surface area contributed by atoms with E-state index in [-0.39, 0.29) is 10.8 Å². The number of hydrogen-bond acceptors (Lipinski definition) is 5. The Bertz CT molecular complexity index is 814. The van der Waals surface area contributed by atoms with Crippen LogP contribution >= 0.6 is 0 Å². The van der Waals surface area contributed by atoms with Crippen LogP contribution in [0.2, 0.25) is 0 Å². The zero-order valence-electron chi connectivity index (χ0n) is 14.2. The first-order chi connectivity index (χ1) is 11.4. The molecular weight excluding hydrogens is 330 g/mol. The number of amides is 1. The predicted molar refractivity (Wildman–Crippen MR) is 90.9 cm³/mol. The number of fused-ring (bicyclic) bond motifs is 1. The molecule has 1 aromatic carbocycles. The third-order valence-corrected chi connectivity index (χ3v) is 5.42. The third-order valence-electron chi connectivity index (χ3n) is 3.61. The molecule has 9 heteroatoms. The Labute approximate surface area is 141 Å². The Morgan fingerprint density at radius 1 is 1.33 bits per heavy atom. The van der Waals surface area contributed by atoms with Crippen molar-refractivity contribution in [3.05, 3.63) is 18.2 Å². The van der Waals surface area contributed by atoms with Crippen molar-refractivity contribution in [2.45, 2.75) is 37.6 Å². The number of aromatic nitrogens is 3. The second-order valence-electron chi connectivity index (χ2n) is 5.70. The van der Waals surface area contributed by atoms with Crippen molar-refractivity contribution in [2.24, 2.45) is 0 Å². The number of benzene rings is 1. The Balaban J connectivity index is 2.08. The van der Waals surface area contributed by atoms with Crippen LogP contribution in [0.15, 0.2) is 23.1 Å². The quantitative estimate of drug-likeness (QED) is 0.763. The Kier molecular flexibility index (Phi) is 5.89. The number of nitrogens with one attached hydrogen (secondary N) is 1. The molecule has 8 nitrogen and oxygen atoms in total. The van der Waals surface area contributed by atoms with E-state index in [1.54, 1.807) is 16.8 Å². The van der Waals surface area contributed by atoms with E-state index in [0.29, 0.717) is 31.4 Å². The van der Waals surface area contributed by atoms with Gasteiger partial charge < -0.3 is 5.32 Å². The Hall–Kier alpha value is -2.00. The summed E-state index contributed by atoms with van der Waals surface area (Å²) in [5.74, 6) is 0.0284. The summed E-state index contributed by atoms with van der Waals surface area (Å²) < 4.78 is 27.1. The molecule has 0 unspecified atom stereocenters. The van der Waals surface area contributed by atoms with Gasteiger partial charge in [-0.3, -0.25) is 4.79 Å². The molecule has 0 radical (unpaired) electrons. The molecule has 0 bridgehead atoms. The van der Waals surface area contributed by atoms with Gasteiger partial charge in [-0.2, -0.15) is 0 Å². The third kappa shape index (κ3) is 4.09. The lowest BCUT2D eigenvalue weighted by Crippen LogP contribution is -2.23. The highest BCUT2D eigenvalue weighted by atomic mass is 32.2. The minimum atomic E-state index is -3.49. The maximum atomic E-state index is 12.1. The molecule has 0 fully saturated rings. The molecule has 0 aliphatic heterocycles. The zero-order chi connectivity index (χ0) is 17.7. The van der Waals surface area contributed by atoms with Gasteiger partial charge in [-0.25, -0.2) is 17.4 Å². The minimum Gasteiger partial charge on any atom is -0.356 e. The van der Waals surface area contributed by atoms with Gasteiger partial charge in [0, 0.05) is 33.6 Å². The first kappa shape index (κ1) is 18.3. The lowest BCUT2D eigenvalue weighted by Gasteiger charge is -2.11. The van der Waals surface area contributed by atoms with Crippen LogP contribution in [-0.4, -0.2) is 54.3 Å². The molecule has 1 N–H and O–H groups in total. The summed E-state index contributed by atoms with van der Waals surface area (Å²) in [6.45, 7) is 3.25. The summed E-state index contributed by atoms with van der Waals surface area (Å²) in [5.41, 5.74) is 1.27. The SMILES string of the molecule is CCCNC(=O)CCCn1nnc2cc(S(=O)(=O)N(C)C)ccc21. The molecule has 0 saturated heterocycles. The van der Waals surface area contributed by atoms with E-state index >= 15 is 0 Å². The molecule has 1 heterocycles. The van der Waals surface area contributed by atoms with E-state index in [2.05, 4.69) is 15.6 Å². The smallest absolute Gasteiger partial charge is 0.242 e. The number of hydrogen-bond donors (Lipinski definition) is 1. The lowest BCUT2D eigenvalue weighted by molar-refractivity contribution is -0.121. The van der Waals surface area contributed by atoms with Gasteiger partial charge in [-0.1, -0.05) is 12.1 Å². The van der Waals surface area contributed by atoms with E-state index < -0.39 is 10.0 Å². The van der Waals surface area contributed by atoms with Gasteiger partial charge in [-0.05, 0) is 31.0 Å². The second kappa shape index (κ2) is 7.71. The Morgan fingerprint density at radius 2 is 2.08 bits per heavy atom. The monoisotopic (exact) mass is 353 g/mol. The largest absolute Gasteiger partial charge is 0.356 e. The van der Waals surface area contributed by atoms with E-state index in [1.807, 2.05) is 6.92 Å². The summed E-state index contributed by atoms with van der Waals surface area (Å²) in [6, 6.07) is 4.76. The molecule has 0 saturated carbocycles. The summed E-state index contributed by atoms with van der Waals surface area (Å²) in [4.78, 5) is 11.8. The normalized spacial score (nSPS) is 12.0. The number of sulfonamides is 1. The van der Waals surface area contributed by atoms with Crippen molar-refractivity contribution >= 4 is 27.0 Å². The first-order valence-corrected chi connectivity index (χ1v) is 9.32. The molecule has 2 rings (SSSR count). The van der Waals surface area contributed by atoms with Gasteiger partial charge in [0.25, 0.3) is 0 Å². The predicted octanol–water partition coefficient (Wildman–Crippen LogP) is 0.988. The minimum absolute atomic E-state index is 0.0284. The maximum Gasteiger partial charge on any atom is 0.242 e. The van der Waals surface area contributed by atoms with Crippen LogP contribution in [0.3, 0.4) is 0 Å². The van der Waals surface area contributed by atoms with Crippen LogP contribution in [0.25, 0.3) is 11.0 Å².